The van der Waals surface area contributed by atoms with Crippen LogP contribution in [-0.4, -0.2) is 31.3 Å². The molecule has 0 atom stereocenters. The van der Waals surface area contributed by atoms with Gasteiger partial charge in [-0.15, -0.1) is 0 Å². The van der Waals surface area contributed by atoms with Crippen molar-refractivity contribution in [2.75, 3.05) is 20.3 Å². The van der Waals surface area contributed by atoms with Crippen LogP contribution < -0.4 is 15.2 Å². The van der Waals surface area contributed by atoms with Gasteiger partial charge in [-0.2, -0.15) is 0 Å². The van der Waals surface area contributed by atoms with Crippen molar-refractivity contribution < 1.29 is 19.0 Å². The third kappa shape index (κ3) is 4.58. The van der Waals surface area contributed by atoms with Crippen molar-refractivity contribution in [3.05, 3.63) is 23.8 Å². The number of esters is 1. The number of methoxy groups -OCH3 is 1. The van der Waals surface area contributed by atoms with Gasteiger partial charge in [0.05, 0.1) is 7.11 Å². The maximum atomic E-state index is 10.9. The van der Waals surface area contributed by atoms with E-state index in [2.05, 4.69) is 4.74 Å². The van der Waals surface area contributed by atoms with E-state index in [1.165, 1.54) is 7.11 Å². The first-order valence-corrected chi connectivity index (χ1v) is 5.65. The molecule has 0 unspecified atom stereocenters. The SMILES string of the molecule is COC(=O)COc1ccc(OCC(N)=S)cc1C. The molecule has 0 radical (unpaired) electrons. The van der Waals surface area contributed by atoms with Crippen LogP contribution in [0.1, 0.15) is 5.56 Å². The first kappa shape index (κ1) is 14.2. The Morgan fingerprint density at radius 2 is 2.06 bits per heavy atom. The smallest absolute Gasteiger partial charge is 0.343 e. The van der Waals surface area contributed by atoms with Crippen molar-refractivity contribution in [3.8, 4) is 11.5 Å². The average molecular weight is 269 g/mol. The van der Waals surface area contributed by atoms with Crippen molar-refractivity contribution in [3.63, 3.8) is 0 Å². The third-order valence-corrected chi connectivity index (χ3v) is 2.22. The minimum Gasteiger partial charge on any atom is -0.486 e. The van der Waals surface area contributed by atoms with E-state index in [-0.39, 0.29) is 13.2 Å². The molecule has 1 rings (SSSR count). The lowest BCUT2D eigenvalue weighted by Crippen LogP contribution is -2.17. The standard InChI is InChI=1S/C12H15NO4S/c1-8-5-9(16-6-11(13)18)3-4-10(8)17-7-12(14)15-2/h3-5H,6-7H2,1-2H3,(H2,13,18). The Labute approximate surface area is 111 Å². The molecular formula is C12H15NO4S. The van der Waals surface area contributed by atoms with Gasteiger partial charge in [0.25, 0.3) is 0 Å². The number of carbonyl (C=O) groups excluding carboxylic acids is 1. The van der Waals surface area contributed by atoms with Crippen molar-refractivity contribution in [1.29, 1.82) is 0 Å². The molecule has 0 amide bonds. The number of hydrogen-bond donors (Lipinski definition) is 1. The van der Waals surface area contributed by atoms with E-state index in [0.717, 1.165) is 5.56 Å². The molecule has 6 heteroatoms. The largest absolute Gasteiger partial charge is 0.486 e. The molecule has 5 nitrogen and oxygen atoms in total. The van der Waals surface area contributed by atoms with Crippen LogP contribution in [0.3, 0.4) is 0 Å². The van der Waals surface area contributed by atoms with E-state index >= 15 is 0 Å². The second-order valence-electron chi connectivity index (χ2n) is 3.55. The fourth-order valence-corrected chi connectivity index (χ4v) is 1.28. The van der Waals surface area contributed by atoms with Crippen LogP contribution >= 0.6 is 12.2 Å². The van der Waals surface area contributed by atoms with Gasteiger partial charge in [0.15, 0.2) is 6.61 Å². The van der Waals surface area contributed by atoms with Crippen molar-refractivity contribution in [2.45, 2.75) is 6.92 Å². The highest BCUT2D eigenvalue weighted by Crippen LogP contribution is 2.23. The van der Waals surface area contributed by atoms with E-state index < -0.39 is 5.97 Å². The first-order valence-electron chi connectivity index (χ1n) is 5.24. The number of hydrogen-bond acceptors (Lipinski definition) is 5. The molecule has 0 aromatic heterocycles. The molecule has 0 aliphatic carbocycles. The number of rotatable bonds is 6. The third-order valence-electron chi connectivity index (χ3n) is 2.10. The maximum absolute atomic E-state index is 10.9. The van der Waals surface area contributed by atoms with Gasteiger partial charge in [0.2, 0.25) is 0 Å². The van der Waals surface area contributed by atoms with Gasteiger partial charge in [-0.1, -0.05) is 12.2 Å². The first-order chi connectivity index (χ1) is 8.52. The van der Waals surface area contributed by atoms with Gasteiger partial charge in [-0.3, -0.25) is 0 Å². The second-order valence-corrected chi connectivity index (χ2v) is 4.07. The lowest BCUT2D eigenvalue weighted by molar-refractivity contribution is -0.142. The molecule has 98 valence electrons. The van der Waals surface area contributed by atoms with Gasteiger partial charge in [0, 0.05) is 0 Å². The van der Waals surface area contributed by atoms with Gasteiger partial charge in [-0.25, -0.2) is 4.79 Å². The van der Waals surface area contributed by atoms with Gasteiger partial charge in [0.1, 0.15) is 23.1 Å². The highest BCUT2D eigenvalue weighted by atomic mass is 32.1. The Bertz CT molecular complexity index is 448. The molecular weight excluding hydrogens is 254 g/mol. The fourth-order valence-electron chi connectivity index (χ4n) is 1.22. The Hall–Kier alpha value is -1.82. The molecule has 0 fully saturated rings. The fraction of sp³-hybridized carbons (Fsp3) is 0.333. The van der Waals surface area contributed by atoms with Gasteiger partial charge >= 0.3 is 5.97 Å². The number of benzene rings is 1. The van der Waals surface area contributed by atoms with E-state index in [9.17, 15) is 4.79 Å². The molecule has 0 spiro atoms. The van der Waals surface area contributed by atoms with E-state index in [1.54, 1.807) is 18.2 Å². The van der Waals surface area contributed by atoms with Crippen molar-refractivity contribution in [2.24, 2.45) is 5.73 Å². The van der Waals surface area contributed by atoms with Crippen LogP contribution in [0.15, 0.2) is 18.2 Å². The summed E-state index contributed by atoms with van der Waals surface area (Å²) in [5.74, 6) is 0.817. The lowest BCUT2D eigenvalue weighted by Gasteiger charge is -2.10. The van der Waals surface area contributed by atoms with Crippen LogP contribution in [0, 0.1) is 6.92 Å². The topological polar surface area (TPSA) is 70.8 Å². The van der Waals surface area contributed by atoms with Crippen molar-refractivity contribution >= 4 is 23.2 Å². The molecule has 0 heterocycles. The monoisotopic (exact) mass is 269 g/mol. The normalized spacial score (nSPS) is 9.67. The minimum absolute atomic E-state index is 0.121. The predicted octanol–water partition coefficient (Wildman–Crippen LogP) is 1.21. The summed E-state index contributed by atoms with van der Waals surface area (Å²) in [6.45, 7) is 1.92. The Balaban J connectivity index is 2.61. The molecule has 0 aliphatic heterocycles. The zero-order valence-corrected chi connectivity index (χ0v) is 11.1. The average Bonchev–Trinajstić information content (AvgIpc) is 2.34. The van der Waals surface area contributed by atoms with E-state index in [0.29, 0.717) is 16.5 Å². The number of thiocarbonyl (C=S) groups is 1. The highest BCUT2D eigenvalue weighted by Gasteiger charge is 2.06. The number of carbonyl (C=O) groups is 1. The zero-order valence-electron chi connectivity index (χ0n) is 10.3. The molecule has 0 aliphatic rings. The number of ether oxygens (including phenoxy) is 3. The van der Waals surface area contributed by atoms with E-state index in [4.69, 9.17) is 27.4 Å². The number of aryl methyl sites for hydroxylation is 1. The lowest BCUT2D eigenvalue weighted by atomic mass is 10.2. The summed E-state index contributed by atoms with van der Waals surface area (Å²) >= 11 is 4.71. The predicted molar refractivity (Wildman–Crippen MR) is 71.0 cm³/mol. The summed E-state index contributed by atoms with van der Waals surface area (Å²) in [6, 6.07) is 5.22. The second kappa shape index (κ2) is 6.80. The molecule has 0 saturated heterocycles. The van der Waals surface area contributed by atoms with Crippen LogP contribution in [0.2, 0.25) is 0 Å². The minimum atomic E-state index is -0.428. The number of nitrogens with two attached hydrogens (primary N) is 1. The van der Waals surface area contributed by atoms with Gasteiger partial charge in [-0.05, 0) is 30.7 Å². The summed E-state index contributed by atoms with van der Waals surface area (Å²) in [7, 11) is 1.31. The van der Waals surface area contributed by atoms with Crippen LogP contribution in [0.4, 0.5) is 0 Å². The maximum Gasteiger partial charge on any atom is 0.343 e. The molecule has 1 aromatic carbocycles. The van der Waals surface area contributed by atoms with Crippen LogP contribution in [-0.2, 0) is 9.53 Å². The summed E-state index contributed by atoms with van der Waals surface area (Å²) in [6.07, 6.45) is 0. The summed E-state index contributed by atoms with van der Waals surface area (Å²) in [4.78, 5) is 11.2. The van der Waals surface area contributed by atoms with Gasteiger partial charge < -0.3 is 19.9 Å². The Morgan fingerprint density at radius 1 is 1.33 bits per heavy atom. The summed E-state index contributed by atoms with van der Waals surface area (Å²) in [5.41, 5.74) is 6.18. The van der Waals surface area contributed by atoms with Crippen LogP contribution in [0.5, 0.6) is 11.5 Å². The van der Waals surface area contributed by atoms with E-state index in [1.807, 2.05) is 6.92 Å². The van der Waals surface area contributed by atoms with Crippen molar-refractivity contribution in [1.82, 2.24) is 0 Å². The molecule has 2 N–H and O–H groups in total. The zero-order chi connectivity index (χ0) is 13.5. The Kier molecular flexibility index (Phi) is 5.38. The molecule has 0 bridgehead atoms. The molecule has 18 heavy (non-hydrogen) atoms. The van der Waals surface area contributed by atoms with Crippen LogP contribution in [0.25, 0.3) is 0 Å². The molecule has 0 saturated carbocycles. The highest BCUT2D eigenvalue weighted by molar-refractivity contribution is 7.80. The summed E-state index contributed by atoms with van der Waals surface area (Å²) < 4.78 is 15.1. The molecule has 1 aromatic rings. The summed E-state index contributed by atoms with van der Waals surface area (Å²) in [5, 5.41) is 0. The quantitative estimate of drug-likeness (QED) is 0.618. The Morgan fingerprint density at radius 3 is 2.61 bits per heavy atom.